The van der Waals surface area contributed by atoms with E-state index in [0.717, 1.165) is 5.56 Å². The van der Waals surface area contributed by atoms with E-state index in [-0.39, 0.29) is 28.1 Å². The summed E-state index contributed by atoms with van der Waals surface area (Å²) in [5.41, 5.74) is 1.34. The third kappa shape index (κ3) is 4.78. The number of nitrogens with one attached hydrogen (secondary N) is 1. The third-order valence-corrected chi connectivity index (χ3v) is 3.96. The molecule has 2 rings (SSSR count). The Bertz CT molecular complexity index is 857. The van der Waals surface area contributed by atoms with Gasteiger partial charge in [-0.2, -0.15) is 5.26 Å². The molecular formula is C20H19ClN2O3. The standard InChI is InChI=1S/C20H19ClN2O3/c1-3-26-18-11-14(10-17(21)19(18)24)9-16(12-22)20(25)23-13(2)15-7-5-4-6-8-15/h4-11,13,24H,3H2,1-2H3,(H,23,25)/b16-9+. The fraction of sp³-hybridized carbons (Fsp3) is 0.200. The van der Waals surface area contributed by atoms with Gasteiger partial charge in [0.2, 0.25) is 0 Å². The van der Waals surface area contributed by atoms with E-state index in [1.165, 1.54) is 18.2 Å². The van der Waals surface area contributed by atoms with E-state index in [0.29, 0.717) is 12.2 Å². The van der Waals surface area contributed by atoms with Crippen LogP contribution in [0.4, 0.5) is 0 Å². The minimum absolute atomic E-state index is 0.0722. The van der Waals surface area contributed by atoms with Crippen molar-refractivity contribution in [3.63, 3.8) is 0 Å². The molecule has 2 aromatic rings. The van der Waals surface area contributed by atoms with Crippen LogP contribution in [-0.4, -0.2) is 17.6 Å². The van der Waals surface area contributed by atoms with Crippen LogP contribution in [0.3, 0.4) is 0 Å². The average molecular weight is 371 g/mol. The molecule has 0 saturated carbocycles. The molecule has 2 N–H and O–H groups in total. The molecule has 26 heavy (non-hydrogen) atoms. The molecule has 0 aliphatic heterocycles. The summed E-state index contributed by atoms with van der Waals surface area (Å²) < 4.78 is 5.31. The number of hydrogen-bond acceptors (Lipinski definition) is 4. The lowest BCUT2D eigenvalue weighted by Crippen LogP contribution is -2.27. The Labute approximate surface area is 157 Å². The minimum atomic E-state index is -0.494. The SMILES string of the molecule is CCOc1cc(/C=C(\C#N)C(=O)NC(C)c2ccccc2)cc(Cl)c1O. The van der Waals surface area contributed by atoms with Gasteiger partial charge < -0.3 is 15.2 Å². The molecule has 0 saturated heterocycles. The lowest BCUT2D eigenvalue weighted by atomic mass is 10.1. The number of carbonyl (C=O) groups is 1. The van der Waals surface area contributed by atoms with Crippen LogP contribution in [0.5, 0.6) is 11.5 Å². The number of rotatable bonds is 6. The zero-order valence-electron chi connectivity index (χ0n) is 14.5. The Balaban J connectivity index is 2.24. The lowest BCUT2D eigenvalue weighted by molar-refractivity contribution is -0.117. The van der Waals surface area contributed by atoms with Gasteiger partial charge in [-0.05, 0) is 43.2 Å². The van der Waals surface area contributed by atoms with Crippen molar-refractivity contribution in [1.29, 1.82) is 5.26 Å². The van der Waals surface area contributed by atoms with E-state index in [4.69, 9.17) is 16.3 Å². The summed E-state index contributed by atoms with van der Waals surface area (Å²) in [7, 11) is 0. The molecule has 5 nitrogen and oxygen atoms in total. The Kier molecular flexibility index (Phi) is 6.65. The van der Waals surface area contributed by atoms with Gasteiger partial charge in [-0.15, -0.1) is 0 Å². The van der Waals surface area contributed by atoms with E-state index in [9.17, 15) is 15.2 Å². The largest absolute Gasteiger partial charge is 0.503 e. The molecule has 0 aromatic heterocycles. The van der Waals surface area contributed by atoms with Crippen LogP contribution in [0.15, 0.2) is 48.0 Å². The first kappa shape index (κ1) is 19.4. The highest BCUT2D eigenvalue weighted by atomic mass is 35.5. The maximum atomic E-state index is 12.4. The fourth-order valence-corrected chi connectivity index (χ4v) is 2.58. The van der Waals surface area contributed by atoms with Crippen LogP contribution in [0.1, 0.15) is 31.0 Å². The number of hydrogen-bond donors (Lipinski definition) is 2. The van der Waals surface area contributed by atoms with Gasteiger partial charge in [-0.25, -0.2) is 0 Å². The summed E-state index contributed by atoms with van der Waals surface area (Å²) >= 11 is 5.98. The zero-order valence-corrected chi connectivity index (χ0v) is 15.2. The second-order valence-electron chi connectivity index (χ2n) is 5.56. The van der Waals surface area contributed by atoms with Gasteiger partial charge in [0.25, 0.3) is 5.91 Å². The maximum Gasteiger partial charge on any atom is 0.262 e. The van der Waals surface area contributed by atoms with Gasteiger partial charge >= 0.3 is 0 Å². The Hall–Kier alpha value is -2.97. The molecule has 0 radical (unpaired) electrons. The molecular weight excluding hydrogens is 352 g/mol. The van der Waals surface area contributed by atoms with Crippen molar-refractivity contribution < 1.29 is 14.6 Å². The predicted molar refractivity (Wildman–Crippen MR) is 101 cm³/mol. The van der Waals surface area contributed by atoms with E-state index < -0.39 is 5.91 Å². The number of benzene rings is 2. The Morgan fingerprint density at radius 1 is 1.38 bits per heavy atom. The highest BCUT2D eigenvalue weighted by Gasteiger charge is 2.15. The van der Waals surface area contributed by atoms with Gasteiger partial charge in [0.05, 0.1) is 17.7 Å². The molecule has 0 heterocycles. The molecule has 0 fully saturated rings. The van der Waals surface area contributed by atoms with Gasteiger partial charge in [0.15, 0.2) is 11.5 Å². The number of nitrogens with zero attached hydrogens (tertiary/aromatic N) is 1. The zero-order chi connectivity index (χ0) is 19.1. The Morgan fingerprint density at radius 3 is 2.69 bits per heavy atom. The van der Waals surface area contributed by atoms with E-state index in [1.807, 2.05) is 43.3 Å². The van der Waals surface area contributed by atoms with Crippen LogP contribution < -0.4 is 10.1 Å². The topological polar surface area (TPSA) is 82.3 Å². The number of carbonyl (C=O) groups excluding carboxylic acids is 1. The van der Waals surface area contributed by atoms with Gasteiger partial charge in [0, 0.05) is 0 Å². The van der Waals surface area contributed by atoms with Crippen LogP contribution in [-0.2, 0) is 4.79 Å². The number of phenolic OH excluding ortho intramolecular Hbond substituents is 1. The average Bonchev–Trinajstić information content (AvgIpc) is 2.64. The molecule has 134 valence electrons. The van der Waals surface area contributed by atoms with Crippen molar-refractivity contribution in [2.75, 3.05) is 6.61 Å². The third-order valence-electron chi connectivity index (χ3n) is 3.67. The molecule has 2 aromatic carbocycles. The molecule has 6 heteroatoms. The molecule has 1 atom stereocenters. The van der Waals surface area contributed by atoms with Crippen LogP contribution >= 0.6 is 11.6 Å². The van der Waals surface area contributed by atoms with E-state index in [1.54, 1.807) is 6.92 Å². The van der Waals surface area contributed by atoms with Gasteiger partial charge in [0.1, 0.15) is 11.6 Å². The van der Waals surface area contributed by atoms with Crippen molar-refractivity contribution in [3.05, 3.63) is 64.2 Å². The van der Waals surface area contributed by atoms with Crippen molar-refractivity contribution in [1.82, 2.24) is 5.32 Å². The molecule has 0 spiro atoms. The predicted octanol–water partition coefficient (Wildman–Crippen LogP) is 4.23. The quantitative estimate of drug-likeness (QED) is 0.589. The summed E-state index contributed by atoms with van der Waals surface area (Å²) in [5, 5.41) is 22.1. The van der Waals surface area contributed by atoms with Crippen LogP contribution in [0.25, 0.3) is 6.08 Å². The first-order valence-electron chi connectivity index (χ1n) is 8.09. The number of nitriles is 1. The Morgan fingerprint density at radius 2 is 2.08 bits per heavy atom. The first-order valence-corrected chi connectivity index (χ1v) is 8.47. The second kappa shape index (κ2) is 8.93. The molecule has 1 unspecified atom stereocenters. The van der Waals surface area contributed by atoms with Crippen LogP contribution in [0, 0.1) is 11.3 Å². The summed E-state index contributed by atoms with van der Waals surface area (Å²) in [4.78, 5) is 12.4. The minimum Gasteiger partial charge on any atom is -0.503 e. The molecule has 0 aliphatic rings. The number of ether oxygens (including phenoxy) is 1. The highest BCUT2D eigenvalue weighted by Crippen LogP contribution is 2.35. The number of aromatic hydroxyl groups is 1. The van der Waals surface area contributed by atoms with Crippen molar-refractivity contribution in [3.8, 4) is 17.6 Å². The molecule has 1 amide bonds. The van der Waals surface area contributed by atoms with Gasteiger partial charge in [-0.3, -0.25) is 4.79 Å². The van der Waals surface area contributed by atoms with Crippen molar-refractivity contribution >= 4 is 23.6 Å². The lowest BCUT2D eigenvalue weighted by Gasteiger charge is -2.14. The monoisotopic (exact) mass is 370 g/mol. The summed E-state index contributed by atoms with van der Waals surface area (Å²) in [6.45, 7) is 3.96. The highest BCUT2D eigenvalue weighted by molar-refractivity contribution is 6.32. The van der Waals surface area contributed by atoms with Crippen molar-refractivity contribution in [2.24, 2.45) is 0 Å². The van der Waals surface area contributed by atoms with Gasteiger partial charge in [-0.1, -0.05) is 41.9 Å². The fourth-order valence-electron chi connectivity index (χ4n) is 2.36. The van der Waals surface area contributed by atoms with Crippen molar-refractivity contribution in [2.45, 2.75) is 19.9 Å². The normalized spacial score (nSPS) is 12.2. The molecule has 0 aliphatic carbocycles. The molecule has 0 bridgehead atoms. The summed E-state index contributed by atoms with van der Waals surface area (Å²) in [5.74, 6) is -0.473. The number of halogens is 1. The van der Waals surface area contributed by atoms with Crippen LogP contribution in [0.2, 0.25) is 5.02 Å². The smallest absolute Gasteiger partial charge is 0.262 e. The summed E-state index contributed by atoms with van der Waals surface area (Å²) in [6.07, 6.45) is 1.40. The number of phenols is 1. The maximum absolute atomic E-state index is 12.4. The second-order valence-corrected chi connectivity index (χ2v) is 5.97. The van der Waals surface area contributed by atoms with E-state index >= 15 is 0 Å². The number of amides is 1. The first-order chi connectivity index (χ1) is 12.5. The van der Waals surface area contributed by atoms with E-state index in [2.05, 4.69) is 5.32 Å². The summed E-state index contributed by atoms with van der Waals surface area (Å²) in [6, 6.07) is 14.1.